The Morgan fingerprint density at radius 2 is 1.71 bits per heavy atom. The van der Waals surface area contributed by atoms with Gasteiger partial charge >= 0.3 is 5.97 Å². The Hall–Kier alpha value is -1.26. The van der Waals surface area contributed by atoms with Crippen LogP contribution in [0.15, 0.2) is 12.1 Å². The lowest BCUT2D eigenvalue weighted by atomic mass is 9.78. The van der Waals surface area contributed by atoms with E-state index >= 15 is 0 Å². The fourth-order valence-electron chi connectivity index (χ4n) is 2.45. The number of benzene rings is 1. The molecule has 0 aliphatic heterocycles. The molecule has 4 nitrogen and oxygen atoms in total. The molecule has 0 saturated carbocycles. The van der Waals surface area contributed by atoms with Gasteiger partial charge in [-0.05, 0) is 34.9 Å². The fraction of sp³-hybridized carbons (Fsp3) is 0.632. The van der Waals surface area contributed by atoms with Gasteiger partial charge in [0, 0.05) is 11.6 Å². The Morgan fingerprint density at radius 3 is 2.12 bits per heavy atom. The quantitative estimate of drug-likeness (QED) is 0.785. The number of esters is 1. The first-order valence-electron chi connectivity index (χ1n) is 8.17. The largest absolute Gasteiger partial charge is 0.507 e. The second kappa shape index (κ2) is 8.21. The van der Waals surface area contributed by atoms with Crippen molar-refractivity contribution < 1.29 is 14.6 Å². The van der Waals surface area contributed by atoms with Crippen LogP contribution in [0.5, 0.6) is 5.75 Å². The van der Waals surface area contributed by atoms with Crippen molar-refractivity contribution in [2.45, 2.75) is 71.8 Å². The fourth-order valence-corrected chi connectivity index (χ4v) is 2.45. The van der Waals surface area contributed by atoms with Gasteiger partial charge in [0.25, 0.3) is 0 Å². The predicted octanol–water partition coefficient (Wildman–Crippen LogP) is 4.36. The summed E-state index contributed by atoms with van der Waals surface area (Å²) >= 11 is 0. The summed E-state index contributed by atoms with van der Waals surface area (Å²) in [6.45, 7) is 14.6. The summed E-state index contributed by atoms with van der Waals surface area (Å²) in [6.07, 6.45) is 0.0541. The molecule has 0 aliphatic carbocycles. The molecule has 24 heavy (non-hydrogen) atoms. The molecule has 0 heterocycles. The van der Waals surface area contributed by atoms with E-state index in [1.807, 2.05) is 12.1 Å². The van der Waals surface area contributed by atoms with Gasteiger partial charge in [-0.2, -0.15) is 0 Å². The zero-order valence-electron chi connectivity index (χ0n) is 15.9. The summed E-state index contributed by atoms with van der Waals surface area (Å²) in [5.41, 5.74) is 8.44. The van der Waals surface area contributed by atoms with Crippen LogP contribution in [0.25, 0.3) is 0 Å². The number of nitrogens with two attached hydrogens (primary N) is 1. The minimum Gasteiger partial charge on any atom is -0.507 e. The van der Waals surface area contributed by atoms with Gasteiger partial charge in [0.05, 0.1) is 13.0 Å². The average Bonchev–Trinajstić information content (AvgIpc) is 2.35. The van der Waals surface area contributed by atoms with E-state index in [0.717, 1.165) is 11.1 Å². The van der Waals surface area contributed by atoms with E-state index in [4.69, 9.17) is 10.5 Å². The number of halogens is 1. The van der Waals surface area contributed by atoms with Crippen molar-refractivity contribution in [3.8, 4) is 5.75 Å². The third-order valence-corrected chi connectivity index (χ3v) is 3.90. The second-order valence-electron chi connectivity index (χ2n) is 8.08. The molecule has 0 unspecified atom stereocenters. The van der Waals surface area contributed by atoms with Gasteiger partial charge in [0.1, 0.15) is 5.75 Å². The van der Waals surface area contributed by atoms with E-state index in [1.54, 1.807) is 6.92 Å². The van der Waals surface area contributed by atoms with Crippen LogP contribution in [0, 0.1) is 0 Å². The van der Waals surface area contributed by atoms with Crippen LogP contribution in [0.3, 0.4) is 0 Å². The number of aromatic hydroxyl groups is 1. The van der Waals surface area contributed by atoms with Gasteiger partial charge in [-0.15, -0.1) is 12.4 Å². The first-order valence-corrected chi connectivity index (χ1v) is 8.17. The summed E-state index contributed by atoms with van der Waals surface area (Å²) in [7, 11) is 0. The highest BCUT2D eigenvalue weighted by atomic mass is 35.5. The van der Waals surface area contributed by atoms with Crippen LogP contribution in [0.1, 0.15) is 77.6 Å². The van der Waals surface area contributed by atoms with Gasteiger partial charge in [0.2, 0.25) is 0 Å². The molecule has 0 aromatic heterocycles. The van der Waals surface area contributed by atoms with Gasteiger partial charge in [0.15, 0.2) is 0 Å². The Bertz CT molecular complexity index is 571. The lowest BCUT2D eigenvalue weighted by Crippen LogP contribution is -2.22. The van der Waals surface area contributed by atoms with E-state index in [2.05, 4.69) is 41.5 Å². The molecule has 1 rings (SSSR count). The normalized spacial score (nSPS) is 13.2. The zero-order chi connectivity index (χ0) is 18.0. The Kier molecular flexibility index (Phi) is 7.78. The van der Waals surface area contributed by atoms with Crippen molar-refractivity contribution >= 4 is 18.4 Å². The molecule has 0 fully saturated rings. The van der Waals surface area contributed by atoms with Crippen molar-refractivity contribution in [3.05, 3.63) is 28.8 Å². The summed E-state index contributed by atoms with van der Waals surface area (Å²) in [4.78, 5) is 11.7. The number of phenols is 1. The molecule has 0 bridgehead atoms. The maximum Gasteiger partial charge on any atom is 0.307 e. The first kappa shape index (κ1) is 22.7. The number of ether oxygens (including phenoxy) is 1. The van der Waals surface area contributed by atoms with Crippen LogP contribution in [-0.4, -0.2) is 17.7 Å². The number of hydrogen-bond donors (Lipinski definition) is 2. The molecule has 1 atom stereocenters. The highest BCUT2D eigenvalue weighted by Gasteiger charge is 2.27. The molecule has 3 N–H and O–H groups in total. The zero-order valence-corrected chi connectivity index (χ0v) is 16.7. The summed E-state index contributed by atoms with van der Waals surface area (Å²) < 4.78 is 4.97. The number of carbonyl (C=O) groups is 1. The lowest BCUT2D eigenvalue weighted by molar-refractivity contribution is -0.143. The highest BCUT2D eigenvalue weighted by Crippen LogP contribution is 2.40. The molecular formula is C19H32ClNO3. The van der Waals surface area contributed by atoms with Crippen LogP contribution < -0.4 is 5.73 Å². The van der Waals surface area contributed by atoms with E-state index in [-0.39, 0.29) is 41.4 Å². The minimum atomic E-state index is -0.586. The first-order chi connectivity index (χ1) is 10.4. The molecule has 1 aromatic carbocycles. The number of rotatable bonds is 4. The van der Waals surface area contributed by atoms with Gasteiger partial charge < -0.3 is 15.6 Å². The van der Waals surface area contributed by atoms with Crippen molar-refractivity contribution in [3.63, 3.8) is 0 Å². The standard InChI is InChI=1S/C19H31NO3.ClH/c1-8-23-16(21)11-15(20)13-9-12(18(2,3)4)10-14(17(13)22)19(5,6)7;/h9-10,15,22H,8,11,20H2,1-7H3;1H/t15-;/m1./s1. The molecule has 0 saturated heterocycles. The SMILES string of the molecule is CCOC(=O)C[C@@H](N)c1cc(C(C)(C)C)cc(C(C)(C)C)c1O.Cl. The number of carbonyl (C=O) groups excluding carboxylic acids is 1. The van der Waals surface area contributed by atoms with E-state index < -0.39 is 6.04 Å². The molecule has 1 aromatic rings. The van der Waals surface area contributed by atoms with Gasteiger partial charge in [-0.25, -0.2) is 0 Å². The minimum absolute atomic E-state index is 0. The molecule has 0 aliphatic rings. The Morgan fingerprint density at radius 1 is 1.17 bits per heavy atom. The summed E-state index contributed by atoms with van der Waals surface area (Å²) in [5, 5.41) is 10.7. The van der Waals surface area contributed by atoms with Gasteiger partial charge in [-0.1, -0.05) is 47.6 Å². The van der Waals surface area contributed by atoms with E-state index in [9.17, 15) is 9.90 Å². The van der Waals surface area contributed by atoms with Crippen LogP contribution in [0.2, 0.25) is 0 Å². The second-order valence-corrected chi connectivity index (χ2v) is 8.08. The molecule has 138 valence electrons. The van der Waals surface area contributed by atoms with Crippen LogP contribution in [-0.2, 0) is 20.4 Å². The maximum absolute atomic E-state index is 11.7. The van der Waals surface area contributed by atoms with Gasteiger partial charge in [-0.3, -0.25) is 4.79 Å². The average molecular weight is 358 g/mol. The lowest BCUT2D eigenvalue weighted by Gasteiger charge is -2.28. The molecule has 0 spiro atoms. The summed E-state index contributed by atoms with van der Waals surface area (Å²) in [5.74, 6) is -0.167. The summed E-state index contributed by atoms with van der Waals surface area (Å²) in [6, 6.07) is 3.36. The van der Waals surface area contributed by atoms with Crippen molar-refractivity contribution in [1.29, 1.82) is 0 Å². The van der Waals surface area contributed by atoms with Crippen LogP contribution in [0.4, 0.5) is 0 Å². The predicted molar refractivity (Wildman–Crippen MR) is 101 cm³/mol. The number of hydrogen-bond acceptors (Lipinski definition) is 4. The molecule has 0 amide bonds. The smallest absolute Gasteiger partial charge is 0.307 e. The monoisotopic (exact) mass is 357 g/mol. The third kappa shape index (κ3) is 5.67. The highest BCUT2D eigenvalue weighted by molar-refractivity contribution is 5.85. The molecule has 5 heteroatoms. The topological polar surface area (TPSA) is 72.5 Å². The Balaban J connectivity index is 0.00000529. The van der Waals surface area contributed by atoms with Crippen molar-refractivity contribution in [1.82, 2.24) is 0 Å². The third-order valence-electron chi connectivity index (χ3n) is 3.90. The Labute approximate surface area is 152 Å². The number of phenolic OH excluding ortho intramolecular Hbond substituents is 1. The van der Waals surface area contributed by atoms with E-state index in [0.29, 0.717) is 12.2 Å². The maximum atomic E-state index is 11.7. The molecule has 0 radical (unpaired) electrons. The van der Waals surface area contributed by atoms with Crippen molar-refractivity contribution in [2.24, 2.45) is 5.73 Å². The van der Waals surface area contributed by atoms with Crippen molar-refractivity contribution in [2.75, 3.05) is 6.61 Å². The molecular weight excluding hydrogens is 326 g/mol. The van der Waals surface area contributed by atoms with Crippen LogP contribution >= 0.6 is 12.4 Å². The van der Waals surface area contributed by atoms with E-state index in [1.165, 1.54) is 0 Å².